The zero-order chi connectivity index (χ0) is 13.7. The van der Waals surface area contributed by atoms with Crippen molar-refractivity contribution in [3.8, 4) is 0 Å². The molecule has 1 heterocycles. The first kappa shape index (κ1) is 14.8. The molecule has 0 fully saturated rings. The van der Waals surface area contributed by atoms with E-state index in [-0.39, 0.29) is 4.47 Å². The van der Waals surface area contributed by atoms with Crippen molar-refractivity contribution in [1.29, 1.82) is 0 Å². The van der Waals surface area contributed by atoms with Crippen LogP contribution in [0.5, 0.6) is 0 Å². The van der Waals surface area contributed by atoms with Crippen LogP contribution in [0.15, 0.2) is 21.7 Å². The van der Waals surface area contributed by atoms with Crippen LogP contribution < -0.4 is 10.7 Å². The van der Waals surface area contributed by atoms with E-state index in [0.29, 0.717) is 12.5 Å². The quantitative estimate of drug-likeness (QED) is 0.640. The first-order chi connectivity index (χ1) is 8.45. The Morgan fingerprint density at radius 1 is 1.56 bits per heavy atom. The molecule has 0 spiro atoms. The Hall–Kier alpha value is -1.21. The normalized spacial score (nSPS) is 12.4. The van der Waals surface area contributed by atoms with E-state index in [1.165, 1.54) is 6.20 Å². The van der Waals surface area contributed by atoms with Gasteiger partial charge in [-0.25, -0.2) is 0 Å². The Kier molecular flexibility index (Phi) is 5.49. The minimum absolute atomic E-state index is 0.215. The van der Waals surface area contributed by atoms with Gasteiger partial charge in [-0.3, -0.25) is 14.9 Å². The highest BCUT2D eigenvalue weighted by Crippen LogP contribution is 2.12. The molecular formula is C11H16BrN3O3. The molecule has 0 aromatic carbocycles. The highest BCUT2D eigenvalue weighted by molar-refractivity contribution is 9.10. The summed E-state index contributed by atoms with van der Waals surface area (Å²) in [6, 6.07) is 0. The molecule has 0 aliphatic carbocycles. The maximum Gasteiger partial charge on any atom is 0.333 e. The van der Waals surface area contributed by atoms with Gasteiger partial charge in [-0.15, -0.1) is 0 Å². The van der Waals surface area contributed by atoms with Gasteiger partial charge in [0.05, 0.1) is 15.6 Å². The monoisotopic (exact) mass is 317 g/mol. The topological polar surface area (TPSA) is 77.2 Å². The first-order valence-corrected chi connectivity index (χ1v) is 6.49. The van der Waals surface area contributed by atoms with Crippen molar-refractivity contribution >= 4 is 21.6 Å². The van der Waals surface area contributed by atoms with Gasteiger partial charge in [-0.1, -0.05) is 13.8 Å². The molecule has 18 heavy (non-hydrogen) atoms. The summed E-state index contributed by atoms with van der Waals surface area (Å²) in [4.78, 5) is 21.6. The molecule has 0 bridgehead atoms. The van der Waals surface area contributed by atoms with Crippen LogP contribution in [0.1, 0.15) is 13.8 Å². The third kappa shape index (κ3) is 3.92. The van der Waals surface area contributed by atoms with E-state index in [2.05, 4.69) is 21.2 Å². The molecule has 1 N–H and O–H groups in total. The largest absolute Gasteiger partial charge is 0.347 e. The average Bonchev–Trinajstić information content (AvgIpc) is 2.30. The van der Waals surface area contributed by atoms with Gasteiger partial charge in [0.1, 0.15) is 0 Å². The predicted octanol–water partition coefficient (Wildman–Crippen LogP) is 1.76. The summed E-state index contributed by atoms with van der Waals surface area (Å²) >= 11 is 3.05. The molecule has 100 valence electrons. The van der Waals surface area contributed by atoms with Crippen LogP contribution >= 0.6 is 15.9 Å². The molecular weight excluding hydrogens is 302 g/mol. The molecule has 0 aliphatic rings. The van der Waals surface area contributed by atoms with E-state index in [1.54, 1.807) is 10.8 Å². The van der Waals surface area contributed by atoms with Gasteiger partial charge in [0.25, 0.3) is 5.43 Å². The Balaban J connectivity index is 2.90. The standard InChI is InChI=1S/C11H16BrN3O3/c1-3-13-4-8(2)5-14-6-9(12)11(16)10(7-14)15(17)18/h6-8,13H,3-5H2,1-2H3. The van der Waals surface area contributed by atoms with Crippen LogP contribution in [0, 0.1) is 16.0 Å². The van der Waals surface area contributed by atoms with Gasteiger partial charge >= 0.3 is 5.69 Å². The molecule has 1 aromatic heterocycles. The third-order valence-corrected chi connectivity index (χ3v) is 3.04. The van der Waals surface area contributed by atoms with Gasteiger partial charge in [-0.05, 0) is 34.9 Å². The lowest BCUT2D eigenvalue weighted by Gasteiger charge is -2.14. The Morgan fingerprint density at radius 3 is 2.78 bits per heavy atom. The summed E-state index contributed by atoms with van der Waals surface area (Å²) in [6.07, 6.45) is 2.87. The van der Waals surface area contributed by atoms with Gasteiger partial charge in [-0.2, -0.15) is 0 Å². The second-order valence-electron chi connectivity index (χ2n) is 4.19. The summed E-state index contributed by atoms with van der Waals surface area (Å²) in [5.74, 6) is 0.318. The lowest BCUT2D eigenvalue weighted by Crippen LogP contribution is -2.24. The van der Waals surface area contributed by atoms with Crippen molar-refractivity contribution in [1.82, 2.24) is 9.88 Å². The highest BCUT2D eigenvalue weighted by Gasteiger charge is 2.16. The van der Waals surface area contributed by atoms with E-state index in [1.807, 2.05) is 13.8 Å². The molecule has 1 rings (SSSR count). The Morgan fingerprint density at radius 2 is 2.22 bits per heavy atom. The number of halogens is 1. The molecule has 0 saturated carbocycles. The highest BCUT2D eigenvalue weighted by atomic mass is 79.9. The SMILES string of the molecule is CCNCC(C)Cn1cc(Br)c(=O)c([N+](=O)[O-])c1. The number of nitro groups is 1. The Labute approximate surface area is 113 Å². The summed E-state index contributed by atoms with van der Waals surface area (Å²) in [7, 11) is 0. The minimum atomic E-state index is -0.654. The number of aromatic nitrogens is 1. The first-order valence-electron chi connectivity index (χ1n) is 5.70. The number of hydrogen-bond acceptors (Lipinski definition) is 4. The smallest absolute Gasteiger partial charge is 0.333 e. The van der Waals surface area contributed by atoms with Crippen molar-refractivity contribution in [3.05, 3.63) is 37.2 Å². The molecule has 0 saturated heterocycles. The average molecular weight is 318 g/mol. The van der Waals surface area contributed by atoms with E-state index >= 15 is 0 Å². The van der Waals surface area contributed by atoms with Crippen LogP contribution in [-0.4, -0.2) is 22.6 Å². The zero-order valence-corrected chi connectivity index (χ0v) is 11.9. The van der Waals surface area contributed by atoms with Gasteiger partial charge in [0.15, 0.2) is 0 Å². The predicted molar refractivity (Wildman–Crippen MR) is 72.8 cm³/mol. The summed E-state index contributed by atoms with van der Waals surface area (Å²) < 4.78 is 1.89. The van der Waals surface area contributed by atoms with Gasteiger partial charge in [0, 0.05) is 12.7 Å². The van der Waals surface area contributed by atoms with Crippen LogP contribution in [-0.2, 0) is 6.54 Å². The number of pyridine rings is 1. The zero-order valence-electron chi connectivity index (χ0n) is 10.4. The number of nitrogens with one attached hydrogen (secondary N) is 1. The number of hydrogen-bond donors (Lipinski definition) is 1. The second-order valence-corrected chi connectivity index (χ2v) is 5.04. The molecule has 6 nitrogen and oxygen atoms in total. The summed E-state index contributed by atoms with van der Waals surface area (Å²) in [5, 5.41) is 14.0. The molecule has 0 aliphatic heterocycles. The van der Waals surface area contributed by atoms with Crippen molar-refractivity contribution in [2.75, 3.05) is 13.1 Å². The second kappa shape index (κ2) is 6.65. The van der Waals surface area contributed by atoms with Crippen LogP contribution in [0.3, 0.4) is 0 Å². The maximum atomic E-state index is 11.5. The fourth-order valence-electron chi connectivity index (χ4n) is 1.63. The minimum Gasteiger partial charge on any atom is -0.347 e. The number of nitrogens with zero attached hydrogens (tertiary/aromatic N) is 2. The maximum absolute atomic E-state index is 11.5. The molecule has 1 unspecified atom stereocenters. The van der Waals surface area contributed by atoms with Crippen LogP contribution in [0.25, 0.3) is 0 Å². The van der Waals surface area contributed by atoms with E-state index in [0.717, 1.165) is 13.1 Å². The number of rotatable bonds is 6. The summed E-state index contributed by atoms with van der Waals surface area (Å²) in [6.45, 7) is 6.40. The Bertz CT molecular complexity index is 487. The molecule has 1 atom stereocenters. The fraction of sp³-hybridized carbons (Fsp3) is 0.545. The van der Waals surface area contributed by atoms with E-state index in [9.17, 15) is 14.9 Å². The molecule has 7 heteroatoms. The molecule has 1 aromatic rings. The van der Waals surface area contributed by atoms with Crippen molar-refractivity contribution < 1.29 is 4.92 Å². The van der Waals surface area contributed by atoms with Crippen molar-refractivity contribution in [3.63, 3.8) is 0 Å². The lowest BCUT2D eigenvalue weighted by atomic mass is 10.2. The fourth-order valence-corrected chi connectivity index (χ4v) is 2.10. The third-order valence-electron chi connectivity index (χ3n) is 2.48. The summed E-state index contributed by atoms with van der Waals surface area (Å²) in [5.41, 5.74) is -0.990. The van der Waals surface area contributed by atoms with Crippen molar-refractivity contribution in [2.45, 2.75) is 20.4 Å². The van der Waals surface area contributed by atoms with E-state index in [4.69, 9.17) is 0 Å². The van der Waals surface area contributed by atoms with Crippen LogP contribution in [0.2, 0.25) is 0 Å². The van der Waals surface area contributed by atoms with E-state index < -0.39 is 16.0 Å². The molecule has 0 radical (unpaired) electrons. The molecule has 0 amide bonds. The van der Waals surface area contributed by atoms with Crippen LogP contribution in [0.4, 0.5) is 5.69 Å². The van der Waals surface area contributed by atoms with Crippen molar-refractivity contribution in [2.24, 2.45) is 5.92 Å². The van der Waals surface area contributed by atoms with Gasteiger partial charge < -0.3 is 9.88 Å². The lowest BCUT2D eigenvalue weighted by molar-refractivity contribution is -0.386. The van der Waals surface area contributed by atoms with Gasteiger partial charge in [0.2, 0.25) is 0 Å².